The number of rotatable bonds is 7. The molecule has 5 rings (SSSR count). The molecule has 0 unspecified atom stereocenters. The number of halogens is 3. The van der Waals surface area contributed by atoms with Gasteiger partial charge in [-0.2, -0.15) is 4.98 Å². The molecular weight excluding hydrogens is 473 g/mol. The molecule has 2 aliphatic carbocycles. The van der Waals surface area contributed by atoms with E-state index in [1.807, 2.05) is 0 Å². The van der Waals surface area contributed by atoms with Crippen LogP contribution in [0.5, 0.6) is 5.88 Å². The molecule has 0 aliphatic heterocycles. The van der Waals surface area contributed by atoms with Gasteiger partial charge in [0.2, 0.25) is 5.88 Å². The predicted octanol–water partition coefficient (Wildman–Crippen LogP) is 5.25. The van der Waals surface area contributed by atoms with E-state index in [4.69, 9.17) is 4.74 Å². The number of aliphatic hydroxyl groups is 2. The van der Waals surface area contributed by atoms with Gasteiger partial charge in [-0.1, -0.05) is 18.2 Å². The highest BCUT2D eigenvalue weighted by atomic mass is 19.3. The average Bonchev–Trinajstić information content (AvgIpc) is 3.64. The number of hydrogen-bond acceptors (Lipinski definition) is 7. The van der Waals surface area contributed by atoms with Crippen LogP contribution in [0.2, 0.25) is 0 Å². The Balaban J connectivity index is 1.57. The van der Waals surface area contributed by atoms with Crippen LogP contribution in [0.4, 0.5) is 19.0 Å². The van der Waals surface area contributed by atoms with Crippen molar-refractivity contribution in [2.45, 2.75) is 82.6 Å². The Labute approximate surface area is 206 Å². The van der Waals surface area contributed by atoms with Crippen molar-refractivity contribution in [1.82, 2.24) is 15.0 Å². The summed E-state index contributed by atoms with van der Waals surface area (Å²) in [5, 5.41) is 25.2. The molecule has 192 valence electrons. The number of nitrogens with zero attached hydrogens (tertiary/aromatic N) is 3. The highest BCUT2D eigenvalue weighted by Gasteiger charge is 2.39. The molecule has 2 fully saturated rings. The third-order valence-corrected chi connectivity index (χ3v) is 6.96. The largest absolute Gasteiger partial charge is 0.474 e. The van der Waals surface area contributed by atoms with Gasteiger partial charge in [0, 0.05) is 11.1 Å². The molecule has 1 aromatic carbocycles. The van der Waals surface area contributed by atoms with Crippen molar-refractivity contribution in [3.8, 4) is 5.88 Å². The fourth-order valence-electron chi connectivity index (χ4n) is 4.73. The normalized spacial score (nSPS) is 23.2. The van der Waals surface area contributed by atoms with E-state index in [-0.39, 0.29) is 11.7 Å². The van der Waals surface area contributed by atoms with Crippen LogP contribution >= 0.6 is 0 Å². The molecule has 2 saturated carbocycles. The quantitative estimate of drug-likeness (QED) is 0.406. The second kappa shape index (κ2) is 9.48. The molecule has 7 nitrogen and oxygen atoms in total. The number of alkyl halides is 2. The molecule has 0 radical (unpaired) electrons. The first kappa shape index (κ1) is 24.7. The number of aromatic nitrogens is 3. The Bertz CT molecular complexity index is 1280. The summed E-state index contributed by atoms with van der Waals surface area (Å²) < 4.78 is 47.3. The molecule has 1 atom stereocenters. The average molecular weight is 503 g/mol. The Morgan fingerprint density at radius 3 is 2.44 bits per heavy atom. The smallest absolute Gasteiger partial charge is 0.266 e. The van der Waals surface area contributed by atoms with Crippen molar-refractivity contribution >= 4 is 16.9 Å². The van der Waals surface area contributed by atoms with Crippen LogP contribution in [-0.2, 0) is 5.60 Å². The third-order valence-electron chi connectivity index (χ3n) is 6.96. The maximum Gasteiger partial charge on any atom is 0.266 e. The van der Waals surface area contributed by atoms with Crippen molar-refractivity contribution in [3.05, 3.63) is 52.6 Å². The van der Waals surface area contributed by atoms with Gasteiger partial charge >= 0.3 is 0 Å². The molecule has 0 bridgehead atoms. The molecule has 3 aromatic rings. The molecule has 0 amide bonds. The summed E-state index contributed by atoms with van der Waals surface area (Å²) >= 11 is 0. The fraction of sp³-hybridized carbons (Fsp3) is 0.500. The van der Waals surface area contributed by atoms with E-state index in [0.717, 1.165) is 18.9 Å². The van der Waals surface area contributed by atoms with E-state index in [2.05, 4.69) is 20.3 Å². The maximum absolute atomic E-state index is 14.8. The van der Waals surface area contributed by atoms with Gasteiger partial charge in [0.25, 0.3) is 6.43 Å². The minimum atomic E-state index is -2.93. The fourth-order valence-corrected chi connectivity index (χ4v) is 4.73. The summed E-state index contributed by atoms with van der Waals surface area (Å²) in [5.41, 5.74) is -0.965. The topological polar surface area (TPSA) is 100 Å². The van der Waals surface area contributed by atoms with Crippen molar-refractivity contribution in [2.75, 3.05) is 5.32 Å². The van der Waals surface area contributed by atoms with Gasteiger partial charge in [-0.15, -0.1) is 0 Å². The molecule has 0 spiro atoms. The summed E-state index contributed by atoms with van der Waals surface area (Å²) in [5.74, 6) is 0.113. The van der Waals surface area contributed by atoms with Crippen LogP contribution in [0, 0.1) is 12.7 Å². The lowest BCUT2D eigenvalue weighted by Crippen LogP contribution is -2.34. The molecule has 3 N–H and O–H groups in total. The second-order valence-electron chi connectivity index (χ2n) is 9.83. The molecular formula is C26H29F3N4O3. The highest BCUT2D eigenvalue weighted by molar-refractivity contribution is 5.88. The van der Waals surface area contributed by atoms with Crippen LogP contribution in [0.25, 0.3) is 11.0 Å². The van der Waals surface area contributed by atoms with Gasteiger partial charge < -0.3 is 20.3 Å². The zero-order valence-electron chi connectivity index (χ0n) is 20.1. The van der Waals surface area contributed by atoms with Crippen molar-refractivity contribution in [1.29, 1.82) is 0 Å². The Morgan fingerprint density at radius 2 is 1.78 bits per heavy atom. The van der Waals surface area contributed by atoms with Gasteiger partial charge in [0.15, 0.2) is 5.65 Å². The first-order valence-electron chi connectivity index (χ1n) is 12.2. The SMILES string of the molecule is Cc1nc(N[C@H](C)c2cccc(C(F)F)c2F)c2cc(C3(O)CCC(O)CC3)c(OC3CC3)nc2n1. The van der Waals surface area contributed by atoms with E-state index in [1.165, 1.54) is 12.1 Å². The van der Waals surface area contributed by atoms with Crippen molar-refractivity contribution in [2.24, 2.45) is 0 Å². The zero-order valence-corrected chi connectivity index (χ0v) is 20.1. The second-order valence-corrected chi connectivity index (χ2v) is 9.83. The molecule has 2 aliphatic rings. The van der Waals surface area contributed by atoms with E-state index >= 15 is 0 Å². The number of fused-ring (bicyclic) bond motifs is 1. The Morgan fingerprint density at radius 1 is 1.08 bits per heavy atom. The minimum Gasteiger partial charge on any atom is -0.474 e. The number of ether oxygens (including phenoxy) is 1. The number of hydrogen-bond donors (Lipinski definition) is 3. The van der Waals surface area contributed by atoms with Crippen LogP contribution < -0.4 is 10.1 Å². The van der Waals surface area contributed by atoms with E-state index in [0.29, 0.717) is 59.8 Å². The first-order valence-corrected chi connectivity index (χ1v) is 12.2. The molecule has 36 heavy (non-hydrogen) atoms. The zero-order chi connectivity index (χ0) is 25.6. The molecule has 2 aromatic heterocycles. The molecule has 10 heteroatoms. The van der Waals surface area contributed by atoms with Gasteiger partial charge in [0.1, 0.15) is 23.6 Å². The number of aliphatic hydroxyl groups excluding tert-OH is 1. The van der Waals surface area contributed by atoms with E-state index < -0.39 is 35.6 Å². The molecule has 2 heterocycles. The summed E-state index contributed by atoms with van der Waals surface area (Å²) in [4.78, 5) is 13.6. The third kappa shape index (κ3) is 4.84. The van der Waals surface area contributed by atoms with Crippen LogP contribution in [0.3, 0.4) is 0 Å². The van der Waals surface area contributed by atoms with Crippen molar-refractivity contribution in [3.63, 3.8) is 0 Å². The molecule has 0 saturated heterocycles. The predicted molar refractivity (Wildman–Crippen MR) is 127 cm³/mol. The number of pyridine rings is 1. The minimum absolute atomic E-state index is 0.0390. The van der Waals surface area contributed by atoms with Crippen LogP contribution in [-0.4, -0.2) is 37.4 Å². The van der Waals surface area contributed by atoms with E-state index in [1.54, 1.807) is 19.9 Å². The number of benzene rings is 1. The summed E-state index contributed by atoms with van der Waals surface area (Å²) in [6.07, 6.45) is 0.0595. The van der Waals surface area contributed by atoms with E-state index in [9.17, 15) is 23.4 Å². The van der Waals surface area contributed by atoms with Crippen molar-refractivity contribution < 1.29 is 28.1 Å². The summed E-state index contributed by atoms with van der Waals surface area (Å²) in [6.45, 7) is 3.35. The van der Waals surface area contributed by atoms with Gasteiger partial charge in [-0.25, -0.2) is 23.1 Å². The highest BCUT2D eigenvalue weighted by Crippen LogP contribution is 2.44. The summed E-state index contributed by atoms with van der Waals surface area (Å²) in [6, 6.07) is 4.98. The lowest BCUT2D eigenvalue weighted by Gasteiger charge is -2.35. The van der Waals surface area contributed by atoms with Crippen LogP contribution in [0.15, 0.2) is 24.3 Å². The van der Waals surface area contributed by atoms with Gasteiger partial charge in [0.05, 0.1) is 28.7 Å². The number of nitrogens with one attached hydrogen (secondary N) is 1. The Kier molecular flexibility index (Phi) is 6.50. The van der Waals surface area contributed by atoms with Gasteiger partial charge in [-0.3, -0.25) is 0 Å². The standard InChI is InChI=1S/C26H29F3N4O3/c1-13(17-4-3-5-18(21(17)27)22(28)29)30-23-19-12-20(26(35)10-8-15(34)9-11-26)25(36-16-6-7-16)33-24(19)32-14(2)31-23/h3-5,12-13,15-16,22,34-35H,6-11H2,1-2H3,(H,30,31,32,33)/t13-,15?,26?/m1/s1. The summed E-state index contributed by atoms with van der Waals surface area (Å²) in [7, 11) is 0. The maximum atomic E-state index is 14.8. The van der Waals surface area contributed by atoms with Gasteiger partial charge in [-0.05, 0) is 58.4 Å². The Hall–Kier alpha value is -2.98. The number of aryl methyl sites for hydroxylation is 1. The lowest BCUT2D eigenvalue weighted by atomic mass is 9.78. The first-order chi connectivity index (χ1) is 17.1. The number of anilines is 1. The monoisotopic (exact) mass is 502 g/mol. The lowest BCUT2D eigenvalue weighted by molar-refractivity contribution is -0.0381. The van der Waals surface area contributed by atoms with Crippen LogP contribution in [0.1, 0.15) is 80.4 Å².